The summed E-state index contributed by atoms with van der Waals surface area (Å²) in [5.74, 6) is -0.671. The minimum atomic E-state index is -0.577. The van der Waals surface area contributed by atoms with Gasteiger partial charge in [-0.3, -0.25) is 4.79 Å². The Balaban J connectivity index is 1.68. The zero-order valence-electron chi connectivity index (χ0n) is 16.1. The molecule has 1 atom stereocenters. The number of carbonyl (C=O) groups is 1. The topological polar surface area (TPSA) is 50.4 Å². The highest BCUT2D eigenvalue weighted by Crippen LogP contribution is 2.26. The van der Waals surface area contributed by atoms with Gasteiger partial charge in [0.05, 0.1) is 18.7 Å². The van der Waals surface area contributed by atoms with Crippen molar-refractivity contribution in [2.75, 3.05) is 12.4 Å². The van der Waals surface area contributed by atoms with Gasteiger partial charge in [-0.1, -0.05) is 54.6 Å². The van der Waals surface area contributed by atoms with Gasteiger partial charge in [0, 0.05) is 5.56 Å². The lowest BCUT2D eigenvalue weighted by Gasteiger charge is -2.16. The molecule has 0 fully saturated rings. The molecule has 0 bridgehead atoms. The highest BCUT2D eigenvalue weighted by atomic mass is 32.1. The van der Waals surface area contributed by atoms with E-state index in [4.69, 9.17) is 17.0 Å². The minimum absolute atomic E-state index is 0.146. The molecule has 0 aliphatic carbocycles. The van der Waals surface area contributed by atoms with Crippen molar-refractivity contribution in [2.24, 2.45) is 0 Å². The molecule has 0 saturated carbocycles. The van der Waals surface area contributed by atoms with Crippen molar-refractivity contribution in [1.29, 1.82) is 0 Å². The fourth-order valence-corrected chi connectivity index (χ4v) is 3.14. The van der Waals surface area contributed by atoms with E-state index < -0.39 is 5.92 Å². The van der Waals surface area contributed by atoms with Gasteiger partial charge in [-0.2, -0.15) is 0 Å². The third-order valence-electron chi connectivity index (χ3n) is 4.56. The highest BCUT2D eigenvalue weighted by Gasteiger charge is 2.18. The monoisotopic (exact) mass is 408 g/mol. The van der Waals surface area contributed by atoms with Crippen LogP contribution < -0.4 is 15.4 Å². The van der Waals surface area contributed by atoms with Gasteiger partial charge in [-0.05, 0) is 48.5 Å². The standard InChI is InChI=1S/C23H21FN2O2S/c1-15(17-12-13-18(19(24)14-17)16-8-4-3-5-9-16)22(27)26-23(29)25-20-10-6-7-11-21(20)28-2/h3-15H,1-2H3,(H2,25,26,27,29). The summed E-state index contributed by atoms with van der Waals surface area (Å²) in [5.41, 5.74) is 2.50. The van der Waals surface area contributed by atoms with Gasteiger partial charge in [-0.15, -0.1) is 0 Å². The molecule has 1 amide bonds. The molecule has 3 aromatic rings. The number of hydrogen-bond acceptors (Lipinski definition) is 3. The van der Waals surface area contributed by atoms with E-state index in [-0.39, 0.29) is 16.8 Å². The Labute approximate surface area is 174 Å². The maximum Gasteiger partial charge on any atom is 0.233 e. The summed E-state index contributed by atoms with van der Waals surface area (Å²) in [6.45, 7) is 1.71. The van der Waals surface area contributed by atoms with Crippen molar-refractivity contribution in [3.05, 3.63) is 84.2 Å². The number of halogens is 1. The van der Waals surface area contributed by atoms with Gasteiger partial charge in [0.2, 0.25) is 5.91 Å². The number of hydrogen-bond donors (Lipinski definition) is 2. The van der Waals surface area contributed by atoms with E-state index in [0.29, 0.717) is 22.6 Å². The molecule has 6 heteroatoms. The fraction of sp³-hybridized carbons (Fsp3) is 0.130. The van der Waals surface area contributed by atoms with Crippen LogP contribution in [0.1, 0.15) is 18.4 Å². The summed E-state index contributed by atoms with van der Waals surface area (Å²) in [5, 5.41) is 5.73. The number of rotatable bonds is 5. The Morgan fingerprint density at radius 3 is 2.41 bits per heavy atom. The van der Waals surface area contributed by atoms with E-state index in [1.54, 1.807) is 38.3 Å². The van der Waals surface area contributed by atoms with Gasteiger partial charge < -0.3 is 15.4 Å². The predicted molar refractivity (Wildman–Crippen MR) is 118 cm³/mol. The molecule has 0 spiro atoms. The molecule has 0 saturated heterocycles. The summed E-state index contributed by atoms with van der Waals surface area (Å²) in [4.78, 5) is 12.6. The number of amides is 1. The Morgan fingerprint density at radius 2 is 1.72 bits per heavy atom. The maximum atomic E-state index is 14.6. The lowest BCUT2D eigenvalue weighted by molar-refractivity contribution is -0.120. The number of methoxy groups -OCH3 is 1. The van der Waals surface area contributed by atoms with Crippen LogP contribution >= 0.6 is 12.2 Å². The Morgan fingerprint density at radius 1 is 1.03 bits per heavy atom. The molecule has 1 unspecified atom stereocenters. The zero-order valence-corrected chi connectivity index (χ0v) is 16.9. The molecule has 3 aromatic carbocycles. The number of nitrogens with one attached hydrogen (secondary N) is 2. The molecule has 2 N–H and O–H groups in total. The maximum absolute atomic E-state index is 14.6. The number of ether oxygens (including phenoxy) is 1. The summed E-state index contributed by atoms with van der Waals surface area (Å²) >= 11 is 5.23. The van der Waals surface area contributed by atoms with Gasteiger partial charge >= 0.3 is 0 Å². The first kappa shape index (κ1) is 20.5. The SMILES string of the molecule is COc1ccccc1NC(=S)NC(=O)C(C)c1ccc(-c2ccccc2)c(F)c1. The van der Waals surface area contributed by atoms with Crippen molar-refractivity contribution >= 4 is 28.9 Å². The van der Waals surface area contributed by atoms with Crippen LogP contribution in [0.15, 0.2) is 72.8 Å². The molecule has 0 aromatic heterocycles. The molecule has 0 heterocycles. The molecule has 3 rings (SSSR count). The number of carbonyl (C=O) groups excluding carboxylic acids is 1. The van der Waals surface area contributed by atoms with Crippen LogP contribution in [0.2, 0.25) is 0 Å². The van der Waals surface area contributed by atoms with Crippen LogP contribution in [0, 0.1) is 5.82 Å². The smallest absolute Gasteiger partial charge is 0.233 e. The van der Waals surface area contributed by atoms with Crippen molar-refractivity contribution in [2.45, 2.75) is 12.8 Å². The Bertz CT molecular complexity index is 1020. The van der Waals surface area contributed by atoms with Gasteiger partial charge in [-0.25, -0.2) is 4.39 Å². The van der Waals surface area contributed by atoms with Crippen molar-refractivity contribution in [1.82, 2.24) is 5.32 Å². The minimum Gasteiger partial charge on any atom is -0.495 e. The van der Waals surface area contributed by atoms with Crippen LogP contribution in [0.3, 0.4) is 0 Å². The van der Waals surface area contributed by atoms with Crippen molar-refractivity contribution < 1.29 is 13.9 Å². The molecule has 29 heavy (non-hydrogen) atoms. The Hall–Kier alpha value is -3.25. The van der Waals surface area contributed by atoms with Crippen molar-refractivity contribution in [3.8, 4) is 16.9 Å². The summed E-state index contributed by atoms with van der Waals surface area (Å²) in [7, 11) is 1.55. The lowest BCUT2D eigenvalue weighted by atomic mass is 9.96. The molecule has 0 radical (unpaired) electrons. The van der Waals surface area contributed by atoms with Crippen LogP contribution in [-0.4, -0.2) is 18.1 Å². The summed E-state index contributed by atoms with van der Waals surface area (Å²) in [6.07, 6.45) is 0. The third kappa shape index (κ3) is 4.97. The average molecular weight is 408 g/mol. The first-order valence-corrected chi connectivity index (χ1v) is 9.50. The predicted octanol–water partition coefficient (Wildman–Crippen LogP) is 5.12. The number of anilines is 1. The fourth-order valence-electron chi connectivity index (χ4n) is 2.93. The molecular weight excluding hydrogens is 387 g/mol. The summed E-state index contributed by atoms with van der Waals surface area (Å²) < 4.78 is 19.9. The van der Waals surface area contributed by atoms with Crippen LogP contribution in [-0.2, 0) is 4.79 Å². The van der Waals surface area contributed by atoms with Gasteiger partial charge in [0.25, 0.3) is 0 Å². The first-order chi connectivity index (χ1) is 14.0. The summed E-state index contributed by atoms with van der Waals surface area (Å²) in [6, 6.07) is 21.4. The highest BCUT2D eigenvalue weighted by molar-refractivity contribution is 7.80. The second kappa shape index (κ2) is 9.30. The Kier molecular flexibility index (Phi) is 6.57. The van der Waals surface area contributed by atoms with E-state index in [1.165, 1.54) is 6.07 Å². The third-order valence-corrected chi connectivity index (χ3v) is 4.77. The molecular formula is C23H21FN2O2S. The number of thiocarbonyl (C=S) groups is 1. The van der Waals surface area contributed by atoms with E-state index >= 15 is 0 Å². The lowest BCUT2D eigenvalue weighted by Crippen LogP contribution is -2.36. The van der Waals surface area contributed by atoms with Crippen LogP contribution in [0.25, 0.3) is 11.1 Å². The van der Waals surface area contributed by atoms with Crippen molar-refractivity contribution in [3.63, 3.8) is 0 Å². The average Bonchev–Trinajstić information content (AvgIpc) is 2.74. The number of benzene rings is 3. The van der Waals surface area contributed by atoms with E-state index in [2.05, 4.69) is 10.6 Å². The molecule has 0 aliphatic heterocycles. The zero-order chi connectivity index (χ0) is 20.8. The van der Waals surface area contributed by atoms with Crippen LogP contribution in [0.4, 0.5) is 10.1 Å². The first-order valence-electron chi connectivity index (χ1n) is 9.09. The number of para-hydroxylation sites is 2. The molecule has 148 valence electrons. The van der Waals surface area contributed by atoms with Gasteiger partial charge in [0.15, 0.2) is 5.11 Å². The molecule has 0 aliphatic rings. The quantitative estimate of drug-likeness (QED) is 0.576. The van der Waals surface area contributed by atoms with Crippen LogP contribution in [0.5, 0.6) is 5.75 Å². The second-order valence-electron chi connectivity index (χ2n) is 6.47. The van der Waals surface area contributed by atoms with E-state index in [1.807, 2.05) is 42.5 Å². The molecule has 4 nitrogen and oxygen atoms in total. The second-order valence-corrected chi connectivity index (χ2v) is 6.88. The van der Waals surface area contributed by atoms with Gasteiger partial charge in [0.1, 0.15) is 11.6 Å². The van der Waals surface area contributed by atoms with E-state index in [0.717, 1.165) is 5.56 Å². The largest absolute Gasteiger partial charge is 0.495 e. The normalized spacial score (nSPS) is 11.4. The van der Waals surface area contributed by atoms with E-state index in [9.17, 15) is 9.18 Å².